The highest BCUT2D eigenvalue weighted by molar-refractivity contribution is 7.89. The van der Waals surface area contributed by atoms with Crippen molar-refractivity contribution in [2.24, 2.45) is 5.92 Å². The molecule has 2 saturated heterocycles. The van der Waals surface area contributed by atoms with Gasteiger partial charge in [0.15, 0.2) is 6.04 Å². The average molecular weight is 413 g/mol. The van der Waals surface area contributed by atoms with E-state index in [1.54, 1.807) is 0 Å². The number of hydrogen-bond donors (Lipinski definition) is 1. The van der Waals surface area contributed by atoms with Crippen molar-refractivity contribution in [1.29, 1.82) is 0 Å². The number of nitrogens with zero attached hydrogens (tertiary/aromatic N) is 2. The Morgan fingerprint density at radius 3 is 2.50 bits per heavy atom. The smallest absolute Gasteiger partial charge is 0.288 e. The van der Waals surface area contributed by atoms with E-state index in [-0.39, 0.29) is 36.2 Å². The lowest BCUT2D eigenvalue weighted by molar-refractivity contribution is -0.918. The van der Waals surface area contributed by atoms with Gasteiger partial charge < -0.3 is 4.90 Å². The van der Waals surface area contributed by atoms with Crippen molar-refractivity contribution >= 4 is 21.8 Å². The summed E-state index contributed by atoms with van der Waals surface area (Å²) in [5, 5.41) is 0. The second kappa shape index (κ2) is 8.26. The van der Waals surface area contributed by atoms with Crippen LogP contribution in [0.1, 0.15) is 26.7 Å². The van der Waals surface area contributed by atoms with Gasteiger partial charge in [0.05, 0.1) is 37.5 Å². The lowest BCUT2D eigenvalue weighted by atomic mass is 10.1. The summed E-state index contributed by atoms with van der Waals surface area (Å²) in [7, 11) is -3.77. The number of piperazine rings is 1. The van der Waals surface area contributed by atoms with Crippen LogP contribution in [0.3, 0.4) is 0 Å². The minimum atomic E-state index is -3.77. The molecule has 0 unspecified atom stereocenters. The van der Waals surface area contributed by atoms with Crippen LogP contribution in [-0.2, 0) is 19.6 Å². The first kappa shape index (κ1) is 20.9. The van der Waals surface area contributed by atoms with Gasteiger partial charge in [-0.3, -0.25) is 14.5 Å². The van der Waals surface area contributed by atoms with E-state index in [0.717, 1.165) is 17.4 Å². The molecule has 0 spiro atoms. The van der Waals surface area contributed by atoms with Gasteiger partial charge in [-0.05, 0) is 30.5 Å². The molecule has 2 aliphatic rings. The highest BCUT2D eigenvalue weighted by atomic mass is 32.2. The van der Waals surface area contributed by atoms with Gasteiger partial charge >= 0.3 is 0 Å². The Hall–Kier alpha value is -1.84. The molecule has 2 amide bonds. The largest absolute Gasteiger partial charge is 0.322 e. The van der Waals surface area contributed by atoms with E-state index in [4.69, 9.17) is 0 Å². The number of halogens is 1. The van der Waals surface area contributed by atoms with E-state index in [9.17, 15) is 22.4 Å². The summed E-state index contributed by atoms with van der Waals surface area (Å²) in [6.07, 6.45) is 0.960. The standard InChI is InChI=1S/C19H26FN3O4S/c1-14(2)6-7-23-18(24)13-17(19(23)25)21-8-10-22(11-9-21)28(26,27)16-5-3-4-15(20)12-16/h3-5,12,14,17H,6-11,13H2,1-2H3/p+1/t17-/m1/s1. The summed E-state index contributed by atoms with van der Waals surface area (Å²) >= 11 is 0. The molecule has 3 rings (SSSR count). The third-order valence-corrected chi connectivity index (χ3v) is 7.36. The fraction of sp³-hybridized carbons (Fsp3) is 0.579. The van der Waals surface area contributed by atoms with E-state index in [1.165, 1.54) is 27.4 Å². The molecule has 0 radical (unpaired) electrons. The van der Waals surface area contributed by atoms with Crippen LogP contribution >= 0.6 is 0 Å². The number of amides is 2. The predicted octanol–water partition coefficient (Wildman–Crippen LogP) is -0.111. The normalized spacial score (nSPS) is 22.4. The van der Waals surface area contributed by atoms with Gasteiger partial charge in [0.25, 0.3) is 5.91 Å². The Labute approximate surface area is 165 Å². The van der Waals surface area contributed by atoms with Crippen molar-refractivity contribution in [3.8, 4) is 0 Å². The minimum absolute atomic E-state index is 0.0667. The molecular formula is C19H27FN3O4S+. The van der Waals surface area contributed by atoms with Crippen molar-refractivity contribution in [2.45, 2.75) is 37.6 Å². The van der Waals surface area contributed by atoms with Crippen molar-refractivity contribution in [1.82, 2.24) is 9.21 Å². The molecule has 1 aromatic carbocycles. The lowest BCUT2D eigenvalue weighted by Gasteiger charge is -2.33. The molecule has 7 nitrogen and oxygen atoms in total. The summed E-state index contributed by atoms with van der Waals surface area (Å²) in [6.45, 7) is 5.89. The van der Waals surface area contributed by atoms with Crippen LogP contribution in [0.25, 0.3) is 0 Å². The quantitative estimate of drug-likeness (QED) is 0.662. The predicted molar refractivity (Wildman–Crippen MR) is 100 cm³/mol. The molecule has 154 valence electrons. The zero-order chi connectivity index (χ0) is 20.5. The number of hydrogen-bond acceptors (Lipinski definition) is 4. The third-order valence-electron chi connectivity index (χ3n) is 5.47. The van der Waals surface area contributed by atoms with Crippen molar-refractivity contribution in [3.05, 3.63) is 30.1 Å². The first-order chi connectivity index (χ1) is 13.2. The van der Waals surface area contributed by atoms with Gasteiger partial charge in [0.2, 0.25) is 15.9 Å². The molecule has 1 N–H and O–H groups in total. The average Bonchev–Trinajstić information content (AvgIpc) is 2.94. The second-order valence-corrected chi connectivity index (χ2v) is 9.78. The Morgan fingerprint density at radius 1 is 1.21 bits per heavy atom. The summed E-state index contributed by atoms with van der Waals surface area (Å²) < 4.78 is 40.1. The van der Waals surface area contributed by atoms with E-state index in [1.807, 2.05) is 13.8 Å². The van der Waals surface area contributed by atoms with Gasteiger partial charge in [-0.15, -0.1) is 0 Å². The summed E-state index contributed by atoms with van der Waals surface area (Å²) in [5.74, 6) is -0.481. The van der Waals surface area contributed by atoms with Gasteiger partial charge in [0, 0.05) is 6.54 Å². The number of quaternary nitrogens is 1. The van der Waals surface area contributed by atoms with Crippen molar-refractivity contribution in [3.63, 3.8) is 0 Å². The van der Waals surface area contributed by atoms with Crippen LogP contribution in [0, 0.1) is 11.7 Å². The van der Waals surface area contributed by atoms with Crippen LogP contribution in [0.2, 0.25) is 0 Å². The molecule has 9 heteroatoms. The first-order valence-electron chi connectivity index (χ1n) is 9.64. The molecule has 0 saturated carbocycles. The molecule has 2 fully saturated rings. The van der Waals surface area contributed by atoms with Crippen LogP contribution in [0.4, 0.5) is 4.39 Å². The van der Waals surface area contributed by atoms with Crippen LogP contribution in [-0.4, -0.2) is 68.2 Å². The minimum Gasteiger partial charge on any atom is -0.322 e. The maximum atomic E-state index is 13.4. The Morgan fingerprint density at radius 2 is 1.89 bits per heavy atom. The monoisotopic (exact) mass is 412 g/mol. The first-order valence-corrected chi connectivity index (χ1v) is 11.1. The van der Waals surface area contributed by atoms with E-state index < -0.39 is 21.9 Å². The van der Waals surface area contributed by atoms with Crippen molar-refractivity contribution in [2.75, 3.05) is 32.7 Å². The van der Waals surface area contributed by atoms with E-state index in [0.29, 0.717) is 25.6 Å². The SMILES string of the molecule is CC(C)CCN1C(=O)C[C@@H]([NH+]2CCN(S(=O)(=O)c3cccc(F)c3)CC2)C1=O. The summed E-state index contributed by atoms with van der Waals surface area (Å²) in [6, 6.07) is 4.54. The molecule has 2 aliphatic heterocycles. The zero-order valence-corrected chi connectivity index (χ0v) is 17.0. The van der Waals surface area contributed by atoms with Crippen molar-refractivity contribution < 1.29 is 27.3 Å². The Balaban J connectivity index is 1.62. The van der Waals surface area contributed by atoms with E-state index >= 15 is 0 Å². The van der Waals surface area contributed by atoms with E-state index in [2.05, 4.69) is 0 Å². The number of imide groups is 1. The van der Waals surface area contributed by atoms with Gasteiger partial charge in [-0.25, -0.2) is 12.8 Å². The molecule has 28 heavy (non-hydrogen) atoms. The van der Waals surface area contributed by atoms with Gasteiger partial charge in [0.1, 0.15) is 5.82 Å². The highest BCUT2D eigenvalue weighted by Crippen LogP contribution is 2.18. The Bertz CT molecular complexity index is 850. The third kappa shape index (κ3) is 4.26. The lowest BCUT2D eigenvalue weighted by Crippen LogP contribution is -3.19. The molecule has 0 aromatic heterocycles. The molecule has 0 bridgehead atoms. The Kier molecular flexibility index (Phi) is 6.16. The number of benzene rings is 1. The number of nitrogens with one attached hydrogen (secondary N) is 1. The zero-order valence-electron chi connectivity index (χ0n) is 16.2. The van der Waals surface area contributed by atoms with Crippen LogP contribution in [0.15, 0.2) is 29.2 Å². The molecule has 0 aliphatic carbocycles. The molecular weight excluding hydrogens is 385 g/mol. The number of carbonyl (C=O) groups is 2. The fourth-order valence-corrected chi connectivity index (χ4v) is 5.24. The highest BCUT2D eigenvalue weighted by Gasteiger charge is 2.46. The number of rotatable bonds is 6. The molecule has 2 heterocycles. The molecule has 1 atom stereocenters. The van der Waals surface area contributed by atoms with Gasteiger partial charge in [-0.1, -0.05) is 19.9 Å². The second-order valence-electron chi connectivity index (χ2n) is 7.84. The fourth-order valence-electron chi connectivity index (χ4n) is 3.76. The summed E-state index contributed by atoms with van der Waals surface area (Å²) in [5.41, 5.74) is 0. The number of sulfonamides is 1. The van der Waals surface area contributed by atoms with Crippen LogP contribution in [0.5, 0.6) is 0 Å². The van der Waals surface area contributed by atoms with Gasteiger partial charge in [-0.2, -0.15) is 4.31 Å². The maximum absolute atomic E-state index is 13.4. The topological polar surface area (TPSA) is 79.2 Å². The maximum Gasteiger partial charge on any atom is 0.288 e. The summed E-state index contributed by atoms with van der Waals surface area (Å²) in [4.78, 5) is 27.1. The number of likely N-dealkylation sites (tertiary alicyclic amines) is 1. The molecule has 1 aromatic rings. The number of carbonyl (C=O) groups excluding carboxylic acids is 2. The van der Waals surface area contributed by atoms with Crippen LogP contribution < -0.4 is 4.90 Å².